The normalized spacial score (nSPS) is 20.8. The predicted octanol–water partition coefficient (Wildman–Crippen LogP) is 1.89. The first-order chi connectivity index (χ1) is 14.7. The van der Waals surface area contributed by atoms with Crippen molar-refractivity contribution in [3.8, 4) is 5.75 Å². The van der Waals surface area contributed by atoms with Crippen molar-refractivity contribution in [3.05, 3.63) is 46.0 Å². The van der Waals surface area contributed by atoms with Crippen molar-refractivity contribution in [3.63, 3.8) is 0 Å². The molecule has 1 aromatic carbocycles. The fourth-order valence-corrected chi connectivity index (χ4v) is 4.54. The van der Waals surface area contributed by atoms with Crippen molar-refractivity contribution in [2.24, 2.45) is 0 Å². The summed E-state index contributed by atoms with van der Waals surface area (Å²) >= 11 is 0. The topological polar surface area (TPSA) is 98.2 Å². The van der Waals surface area contributed by atoms with Crippen LogP contribution in [0.3, 0.4) is 0 Å². The first-order valence-corrected chi connectivity index (χ1v) is 10.6. The van der Waals surface area contributed by atoms with E-state index in [0.717, 1.165) is 56.3 Å². The molecule has 0 spiro atoms. The summed E-state index contributed by atoms with van der Waals surface area (Å²) in [7, 11) is 1.62. The maximum atomic E-state index is 13.2. The minimum absolute atomic E-state index is 0.119. The number of likely N-dealkylation sites (tertiary alicyclic amines) is 1. The lowest BCUT2D eigenvalue weighted by atomic mass is 10.0. The van der Waals surface area contributed by atoms with Crippen LogP contribution in [-0.2, 0) is 11.3 Å². The highest BCUT2D eigenvalue weighted by molar-refractivity contribution is 5.80. The first kappa shape index (κ1) is 19.2. The van der Waals surface area contributed by atoms with Crippen LogP contribution < -0.4 is 10.3 Å². The number of benzene rings is 1. The molecule has 0 bridgehead atoms. The minimum Gasteiger partial charge on any atom is -0.497 e. The molecular formula is C21H26N6O3. The van der Waals surface area contributed by atoms with E-state index < -0.39 is 0 Å². The van der Waals surface area contributed by atoms with Gasteiger partial charge in [-0.3, -0.25) is 9.69 Å². The van der Waals surface area contributed by atoms with Crippen molar-refractivity contribution < 1.29 is 9.47 Å². The molecule has 9 heteroatoms. The Bertz CT molecular complexity index is 1080. The predicted molar refractivity (Wildman–Crippen MR) is 111 cm³/mol. The molecule has 2 saturated heterocycles. The quantitative estimate of drug-likeness (QED) is 0.663. The second-order valence-corrected chi connectivity index (χ2v) is 8.01. The van der Waals surface area contributed by atoms with E-state index in [-0.39, 0.29) is 17.7 Å². The highest BCUT2D eigenvalue weighted by atomic mass is 16.5. The Morgan fingerprint density at radius 3 is 2.90 bits per heavy atom. The van der Waals surface area contributed by atoms with Crippen molar-refractivity contribution >= 4 is 10.9 Å². The zero-order valence-electron chi connectivity index (χ0n) is 17.1. The number of rotatable bonds is 6. The number of tetrazole rings is 1. The fourth-order valence-electron chi connectivity index (χ4n) is 4.54. The Morgan fingerprint density at radius 1 is 1.27 bits per heavy atom. The molecule has 0 saturated carbocycles. The van der Waals surface area contributed by atoms with Gasteiger partial charge in [0.05, 0.1) is 25.3 Å². The molecule has 3 aromatic rings. The number of H-pyrrole nitrogens is 1. The highest BCUT2D eigenvalue weighted by Gasteiger charge is 2.32. The Hall–Kier alpha value is -2.78. The number of aromatic amines is 1. The van der Waals surface area contributed by atoms with E-state index in [9.17, 15) is 4.79 Å². The summed E-state index contributed by atoms with van der Waals surface area (Å²) in [4.78, 5) is 18.5. The van der Waals surface area contributed by atoms with E-state index >= 15 is 0 Å². The van der Waals surface area contributed by atoms with Gasteiger partial charge in [-0.1, -0.05) is 0 Å². The second kappa shape index (κ2) is 8.16. The third-order valence-corrected chi connectivity index (χ3v) is 6.09. The Morgan fingerprint density at radius 2 is 2.13 bits per heavy atom. The number of methoxy groups -OCH3 is 1. The van der Waals surface area contributed by atoms with Crippen LogP contribution in [0.4, 0.5) is 0 Å². The molecule has 0 amide bonds. The molecule has 1 N–H and O–H groups in total. The van der Waals surface area contributed by atoms with Gasteiger partial charge in [0.25, 0.3) is 5.56 Å². The Kier molecular flexibility index (Phi) is 5.22. The van der Waals surface area contributed by atoms with E-state index in [0.29, 0.717) is 23.7 Å². The van der Waals surface area contributed by atoms with Gasteiger partial charge in [-0.15, -0.1) is 5.10 Å². The summed E-state index contributed by atoms with van der Waals surface area (Å²) in [6, 6.07) is 7.37. The third-order valence-electron chi connectivity index (χ3n) is 6.09. The van der Waals surface area contributed by atoms with E-state index in [1.807, 2.05) is 28.9 Å². The lowest BCUT2D eigenvalue weighted by molar-refractivity contribution is 0.0912. The molecule has 2 fully saturated rings. The molecule has 0 radical (unpaired) electrons. The monoisotopic (exact) mass is 410 g/mol. The molecule has 9 nitrogen and oxygen atoms in total. The maximum Gasteiger partial charge on any atom is 0.253 e. The van der Waals surface area contributed by atoms with Gasteiger partial charge in [0.1, 0.15) is 11.8 Å². The SMILES string of the molecule is COc1ccc2cc([C@H](c3nnnn3C[C@@H]3CCCO3)N3CCCC3)c(=O)[nH]c2c1. The number of nitrogens with zero attached hydrogens (tertiary/aromatic N) is 5. The summed E-state index contributed by atoms with van der Waals surface area (Å²) in [5.41, 5.74) is 1.29. The number of fused-ring (bicyclic) bond motifs is 1. The second-order valence-electron chi connectivity index (χ2n) is 8.01. The van der Waals surface area contributed by atoms with Crippen LogP contribution in [0.25, 0.3) is 10.9 Å². The van der Waals surface area contributed by atoms with Gasteiger partial charge >= 0.3 is 0 Å². The number of hydrogen-bond acceptors (Lipinski definition) is 7. The number of pyridine rings is 1. The number of aromatic nitrogens is 5. The van der Waals surface area contributed by atoms with Gasteiger partial charge in [0, 0.05) is 18.2 Å². The van der Waals surface area contributed by atoms with Crippen molar-refractivity contribution in [1.29, 1.82) is 0 Å². The zero-order valence-corrected chi connectivity index (χ0v) is 17.1. The van der Waals surface area contributed by atoms with E-state index in [1.165, 1.54) is 0 Å². The Balaban J connectivity index is 1.58. The molecule has 2 aliphatic heterocycles. The van der Waals surface area contributed by atoms with Crippen LogP contribution >= 0.6 is 0 Å². The van der Waals surface area contributed by atoms with Crippen LogP contribution in [0.1, 0.15) is 43.1 Å². The summed E-state index contributed by atoms with van der Waals surface area (Å²) in [5, 5.41) is 13.5. The van der Waals surface area contributed by atoms with Crippen LogP contribution in [0.2, 0.25) is 0 Å². The summed E-state index contributed by atoms with van der Waals surface area (Å²) in [5.74, 6) is 1.41. The van der Waals surface area contributed by atoms with Crippen LogP contribution in [-0.4, -0.2) is 63.0 Å². The molecule has 30 heavy (non-hydrogen) atoms. The van der Waals surface area contributed by atoms with Gasteiger partial charge in [-0.25, -0.2) is 4.68 Å². The summed E-state index contributed by atoms with van der Waals surface area (Å²) in [6.45, 7) is 3.22. The van der Waals surface area contributed by atoms with Crippen molar-refractivity contribution in [1.82, 2.24) is 30.1 Å². The van der Waals surface area contributed by atoms with E-state index in [4.69, 9.17) is 9.47 Å². The van der Waals surface area contributed by atoms with Crippen LogP contribution in [0.5, 0.6) is 5.75 Å². The van der Waals surface area contributed by atoms with Gasteiger partial charge in [-0.05, 0) is 72.8 Å². The lowest BCUT2D eigenvalue weighted by Gasteiger charge is -2.27. The number of hydrogen-bond donors (Lipinski definition) is 1. The lowest BCUT2D eigenvalue weighted by Crippen LogP contribution is -2.34. The van der Waals surface area contributed by atoms with Gasteiger partial charge in [-0.2, -0.15) is 0 Å². The molecule has 0 aliphatic carbocycles. The Labute approximate surface area is 174 Å². The largest absolute Gasteiger partial charge is 0.497 e. The smallest absolute Gasteiger partial charge is 0.253 e. The van der Waals surface area contributed by atoms with Gasteiger partial charge in [0.2, 0.25) is 0 Å². The zero-order chi connectivity index (χ0) is 20.5. The molecule has 2 atom stereocenters. The average molecular weight is 410 g/mol. The fraction of sp³-hybridized carbons (Fsp3) is 0.524. The first-order valence-electron chi connectivity index (χ1n) is 10.6. The number of ether oxygens (including phenoxy) is 2. The van der Waals surface area contributed by atoms with Crippen molar-refractivity contribution in [2.45, 2.75) is 44.4 Å². The van der Waals surface area contributed by atoms with E-state index in [1.54, 1.807) is 7.11 Å². The molecule has 2 aromatic heterocycles. The summed E-state index contributed by atoms with van der Waals surface area (Å²) in [6.07, 6.45) is 4.39. The molecule has 4 heterocycles. The van der Waals surface area contributed by atoms with Gasteiger partial charge < -0.3 is 14.5 Å². The average Bonchev–Trinajstić information content (AvgIpc) is 3.53. The van der Waals surface area contributed by atoms with E-state index in [2.05, 4.69) is 25.4 Å². The third kappa shape index (κ3) is 3.59. The van der Waals surface area contributed by atoms with Gasteiger partial charge in [0.15, 0.2) is 5.82 Å². The minimum atomic E-state index is -0.292. The van der Waals surface area contributed by atoms with Crippen molar-refractivity contribution in [2.75, 3.05) is 26.8 Å². The maximum absolute atomic E-state index is 13.2. The van der Waals surface area contributed by atoms with Crippen LogP contribution in [0, 0.1) is 0 Å². The number of nitrogens with one attached hydrogen (secondary N) is 1. The molecular weight excluding hydrogens is 384 g/mol. The molecule has 158 valence electrons. The highest BCUT2D eigenvalue weighted by Crippen LogP contribution is 2.30. The summed E-state index contributed by atoms with van der Waals surface area (Å²) < 4.78 is 12.9. The molecule has 5 rings (SSSR count). The van der Waals surface area contributed by atoms with Crippen LogP contribution in [0.15, 0.2) is 29.1 Å². The molecule has 0 unspecified atom stereocenters. The molecule has 2 aliphatic rings. The standard InChI is InChI=1S/C21H26N6O3/c1-29-15-7-6-14-11-17(21(28)22-18(14)12-15)19(26-8-2-3-9-26)20-23-24-25-27(20)13-16-5-4-10-30-16/h6-7,11-12,16,19H,2-5,8-10,13H2,1H3,(H,22,28)/t16-,19+/m0/s1.